The van der Waals surface area contributed by atoms with Crippen molar-refractivity contribution in [2.45, 2.75) is 43.9 Å². The second kappa shape index (κ2) is 7.15. The average Bonchev–Trinajstić information content (AvgIpc) is 2.64. The third kappa shape index (κ3) is 3.40. The zero-order valence-electron chi connectivity index (χ0n) is 14.9. The van der Waals surface area contributed by atoms with Gasteiger partial charge in [-0.1, -0.05) is 30.3 Å². The lowest BCUT2D eigenvalue weighted by Gasteiger charge is -2.49. The lowest BCUT2D eigenvalue weighted by molar-refractivity contribution is 0.00738. The highest BCUT2D eigenvalue weighted by Gasteiger charge is 2.41. The predicted molar refractivity (Wildman–Crippen MR) is 98.4 cm³/mol. The van der Waals surface area contributed by atoms with E-state index < -0.39 is 0 Å². The molecule has 1 N–H and O–H groups in total. The van der Waals surface area contributed by atoms with Crippen molar-refractivity contribution in [1.82, 2.24) is 10.2 Å². The van der Waals surface area contributed by atoms with Gasteiger partial charge in [-0.2, -0.15) is 0 Å². The maximum Gasteiger partial charge on any atom is 0.0475 e. The van der Waals surface area contributed by atoms with Crippen LogP contribution in [0, 0.1) is 5.41 Å². The van der Waals surface area contributed by atoms with Crippen molar-refractivity contribution in [3.8, 4) is 0 Å². The third-order valence-corrected chi connectivity index (χ3v) is 6.66. The average molecular weight is 329 g/mol. The van der Waals surface area contributed by atoms with Crippen LogP contribution in [0.5, 0.6) is 0 Å². The van der Waals surface area contributed by atoms with Gasteiger partial charge in [-0.25, -0.2) is 0 Å². The van der Waals surface area contributed by atoms with Gasteiger partial charge < -0.3 is 15.0 Å². The van der Waals surface area contributed by atoms with Gasteiger partial charge in [-0.3, -0.25) is 0 Å². The molecule has 1 unspecified atom stereocenters. The van der Waals surface area contributed by atoms with Crippen LogP contribution in [0.4, 0.5) is 0 Å². The van der Waals surface area contributed by atoms with E-state index in [0.29, 0.717) is 10.8 Å². The molecule has 3 fully saturated rings. The van der Waals surface area contributed by atoms with Crippen molar-refractivity contribution in [2.24, 2.45) is 5.41 Å². The van der Waals surface area contributed by atoms with Crippen molar-refractivity contribution in [3.63, 3.8) is 0 Å². The fraction of sp³-hybridized carbons (Fsp3) is 0.714. The molecule has 3 aliphatic rings. The van der Waals surface area contributed by atoms with Gasteiger partial charge in [0.1, 0.15) is 0 Å². The van der Waals surface area contributed by atoms with Crippen molar-refractivity contribution in [2.75, 3.05) is 45.9 Å². The van der Waals surface area contributed by atoms with E-state index in [9.17, 15) is 0 Å². The van der Waals surface area contributed by atoms with Gasteiger partial charge >= 0.3 is 0 Å². The van der Waals surface area contributed by atoms with Crippen LogP contribution >= 0.6 is 0 Å². The van der Waals surface area contributed by atoms with Crippen molar-refractivity contribution in [1.29, 1.82) is 0 Å². The van der Waals surface area contributed by atoms with E-state index in [2.05, 4.69) is 40.5 Å². The molecule has 0 saturated carbocycles. The standard InChI is InChI=1S/C21H32N2O/c1-2-6-19(7-3-1)21(10-14-24-15-11-21)18-23-13-5-9-20(17-23)8-4-12-22-16-20/h1-3,6-7,22H,4-5,8-18H2. The topological polar surface area (TPSA) is 24.5 Å². The summed E-state index contributed by atoms with van der Waals surface area (Å²) in [5.74, 6) is 0. The second-order valence-corrected chi connectivity index (χ2v) is 8.35. The number of nitrogens with one attached hydrogen (secondary N) is 1. The first-order valence-electron chi connectivity index (χ1n) is 9.87. The van der Waals surface area contributed by atoms with Crippen LogP contribution in [0.2, 0.25) is 0 Å². The van der Waals surface area contributed by atoms with Gasteiger partial charge in [-0.15, -0.1) is 0 Å². The number of nitrogens with zero attached hydrogens (tertiary/aromatic N) is 1. The zero-order valence-corrected chi connectivity index (χ0v) is 14.9. The first-order valence-corrected chi connectivity index (χ1v) is 9.87. The van der Waals surface area contributed by atoms with Gasteiger partial charge in [-0.05, 0) is 62.6 Å². The van der Waals surface area contributed by atoms with Gasteiger partial charge in [0.2, 0.25) is 0 Å². The van der Waals surface area contributed by atoms with E-state index in [0.717, 1.165) is 13.2 Å². The first-order chi connectivity index (χ1) is 11.8. The van der Waals surface area contributed by atoms with E-state index in [-0.39, 0.29) is 0 Å². The molecular formula is C21H32N2O. The maximum atomic E-state index is 5.72. The number of hydrogen-bond acceptors (Lipinski definition) is 3. The first kappa shape index (κ1) is 16.6. The molecule has 3 saturated heterocycles. The number of benzene rings is 1. The SMILES string of the molecule is c1ccc(C2(CN3CCCC4(CCCNC4)C3)CCOCC2)cc1. The monoisotopic (exact) mass is 328 g/mol. The lowest BCUT2D eigenvalue weighted by Crippen LogP contribution is -2.54. The highest BCUT2D eigenvalue weighted by molar-refractivity contribution is 5.26. The fourth-order valence-electron chi connectivity index (χ4n) is 5.34. The van der Waals surface area contributed by atoms with Crippen LogP contribution in [0.25, 0.3) is 0 Å². The second-order valence-electron chi connectivity index (χ2n) is 8.35. The molecule has 0 amide bonds. The summed E-state index contributed by atoms with van der Waals surface area (Å²) >= 11 is 0. The Labute approximate surface area is 146 Å². The quantitative estimate of drug-likeness (QED) is 0.922. The minimum atomic E-state index is 0.292. The Kier molecular flexibility index (Phi) is 4.93. The predicted octanol–water partition coefficient (Wildman–Crippen LogP) is 3.20. The molecule has 1 aromatic rings. The summed E-state index contributed by atoms with van der Waals surface area (Å²) in [6.07, 6.45) is 7.88. The van der Waals surface area contributed by atoms with Gasteiger partial charge in [0.25, 0.3) is 0 Å². The van der Waals surface area contributed by atoms with Crippen LogP contribution in [0.1, 0.15) is 44.1 Å². The zero-order chi connectivity index (χ0) is 16.3. The van der Waals surface area contributed by atoms with E-state index in [4.69, 9.17) is 4.74 Å². The van der Waals surface area contributed by atoms with Crippen molar-refractivity contribution in [3.05, 3.63) is 35.9 Å². The Balaban J connectivity index is 1.52. The molecule has 1 atom stereocenters. The summed E-state index contributed by atoms with van der Waals surface area (Å²) in [7, 11) is 0. The molecule has 1 spiro atoms. The maximum absolute atomic E-state index is 5.72. The van der Waals surface area contributed by atoms with Crippen LogP contribution in [0.3, 0.4) is 0 Å². The Morgan fingerprint density at radius 2 is 1.79 bits per heavy atom. The van der Waals surface area contributed by atoms with Crippen LogP contribution in [-0.2, 0) is 10.2 Å². The third-order valence-electron chi connectivity index (χ3n) is 6.66. The van der Waals surface area contributed by atoms with Gasteiger partial charge in [0, 0.05) is 38.3 Å². The molecule has 3 heteroatoms. The molecule has 3 nitrogen and oxygen atoms in total. The molecule has 132 valence electrons. The van der Waals surface area contributed by atoms with Crippen LogP contribution in [-0.4, -0.2) is 50.8 Å². The Hall–Kier alpha value is -0.900. The minimum Gasteiger partial charge on any atom is -0.381 e. The van der Waals surface area contributed by atoms with Crippen LogP contribution < -0.4 is 5.32 Å². The van der Waals surface area contributed by atoms with Gasteiger partial charge in [0.05, 0.1) is 0 Å². The smallest absolute Gasteiger partial charge is 0.0475 e. The molecule has 1 aromatic carbocycles. The van der Waals surface area contributed by atoms with Crippen molar-refractivity contribution < 1.29 is 4.74 Å². The Morgan fingerprint density at radius 3 is 2.54 bits per heavy atom. The molecule has 3 aliphatic heterocycles. The number of rotatable bonds is 3. The summed E-state index contributed by atoms with van der Waals surface area (Å²) in [5, 5.41) is 3.66. The summed E-state index contributed by atoms with van der Waals surface area (Å²) in [5.41, 5.74) is 2.36. The summed E-state index contributed by atoms with van der Waals surface area (Å²) in [6, 6.07) is 11.2. The van der Waals surface area contributed by atoms with Crippen molar-refractivity contribution >= 4 is 0 Å². The fourth-order valence-corrected chi connectivity index (χ4v) is 5.34. The van der Waals surface area contributed by atoms with E-state index in [1.807, 2.05) is 0 Å². The lowest BCUT2D eigenvalue weighted by atomic mass is 9.71. The highest BCUT2D eigenvalue weighted by atomic mass is 16.5. The van der Waals surface area contributed by atoms with Gasteiger partial charge in [0.15, 0.2) is 0 Å². The summed E-state index contributed by atoms with van der Waals surface area (Å²) in [4.78, 5) is 2.79. The largest absolute Gasteiger partial charge is 0.381 e. The minimum absolute atomic E-state index is 0.292. The normalized spacial score (nSPS) is 31.2. The van der Waals surface area contributed by atoms with E-state index in [1.165, 1.54) is 76.8 Å². The Morgan fingerprint density at radius 1 is 1.00 bits per heavy atom. The molecular weight excluding hydrogens is 296 g/mol. The molecule has 4 rings (SSSR count). The highest BCUT2D eigenvalue weighted by Crippen LogP contribution is 2.40. The number of ether oxygens (including phenoxy) is 1. The van der Waals surface area contributed by atoms with E-state index in [1.54, 1.807) is 0 Å². The van der Waals surface area contributed by atoms with E-state index >= 15 is 0 Å². The number of piperidine rings is 2. The molecule has 0 bridgehead atoms. The molecule has 24 heavy (non-hydrogen) atoms. The number of likely N-dealkylation sites (tertiary alicyclic amines) is 1. The molecule has 0 aromatic heterocycles. The molecule has 3 heterocycles. The van der Waals surface area contributed by atoms with Crippen LogP contribution in [0.15, 0.2) is 30.3 Å². The Bertz CT molecular complexity index is 512. The number of hydrogen-bond donors (Lipinski definition) is 1. The summed E-state index contributed by atoms with van der Waals surface area (Å²) in [6.45, 7) is 8.04. The summed E-state index contributed by atoms with van der Waals surface area (Å²) < 4.78 is 5.72. The molecule has 0 aliphatic carbocycles. The molecule has 0 radical (unpaired) electrons.